The predicted molar refractivity (Wildman–Crippen MR) is 153 cm³/mol. The van der Waals surface area contributed by atoms with Crippen LogP contribution in [0.4, 0.5) is 0 Å². The molecule has 4 aromatic rings. The number of fused-ring (bicyclic) bond motifs is 4. The van der Waals surface area contributed by atoms with Crippen LogP contribution in [0.2, 0.25) is 0 Å². The van der Waals surface area contributed by atoms with Gasteiger partial charge in [0.05, 0.1) is 24.2 Å². The van der Waals surface area contributed by atoms with E-state index in [1.54, 1.807) is 7.11 Å². The summed E-state index contributed by atoms with van der Waals surface area (Å²) in [6.45, 7) is 6.68. The standard InChI is InChI=1S/C31H38N6O3/c1-5-31(3,39)25-11-8-19-12-24(35(29(19)33-25)16-18-6-7-18)28-17(2)36-26(34-28)13-20(14-27(36)40-4)30(38)37-21-9-10-23(37)22(32)15-21/h8,11-14,18,21-23,39H,5-7,9-10,15-16,32H2,1-4H3/t21-,22+,23+,31+/m0/s1. The number of aliphatic hydroxyl groups is 1. The minimum absolute atomic E-state index is 0.00556. The van der Waals surface area contributed by atoms with Gasteiger partial charge in [-0.05, 0) is 82.6 Å². The zero-order valence-electron chi connectivity index (χ0n) is 23.7. The van der Waals surface area contributed by atoms with Gasteiger partial charge in [0, 0.05) is 41.7 Å². The second-order valence-corrected chi connectivity index (χ2v) is 12.3. The van der Waals surface area contributed by atoms with E-state index < -0.39 is 5.60 Å². The number of nitrogens with zero attached hydrogens (tertiary/aromatic N) is 5. The number of carbonyl (C=O) groups excluding carboxylic acids is 1. The number of imidazole rings is 1. The van der Waals surface area contributed by atoms with E-state index in [-0.39, 0.29) is 24.0 Å². The average molecular weight is 543 g/mol. The van der Waals surface area contributed by atoms with Crippen molar-refractivity contribution in [2.24, 2.45) is 11.7 Å². The maximum atomic E-state index is 13.7. The minimum atomic E-state index is -0.989. The molecule has 0 unspecified atom stereocenters. The van der Waals surface area contributed by atoms with Gasteiger partial charge in [0.15, 0.2) is 5.88 Å². The van der Waals surface area contributed by atoms with Crippen molar-refractivity contribution in [3.8, 4) is 17.3 Å². The third-order valence-corrected chi connectivity index (χ3v) is 9.56. The summed E-state index contributed by atoms with van der Waals surface area (Å²) in [6.07, 6.45) is 5.86. The lowest BCUT2D eigenvalue weighted by Gasteiger charge is -2.23. The second kappa shape index (κ2) is 9.04. The van der Waals surface area contributed by atoms with E-state index in [1.165, 1.54) is 12.8 Å². The van der Waals surface area contributed by atoms with Crippen molar-refractivity contribution >= 4 is 22.6 Å². The van der Waals surface area contributed by atoms with Crippen LogP contribution in [0.15, 0.2) is 30.3 Å². The average Bonchev–Trinajstić information content (AvgIpc) is 3.27. The topological polar surface area (TPSA) is 111 Å². The number of carbonyl (C=O) groups is 1. The Kier molecular flexibility index (Phi) is 5.77. The van der Waals surface area contributed by atoms with Crippen molar-refractivity contribution in [1.29, 1.82) is 0 Å². The van der Waals surface area contributed by atoms with E-state index >= 15 is 0 Å². The van der Waals surface area contributed by atoms with Crippen LogP contribution in [0, 0.1) is 12.8 Å². The maximum absolute atomic E-state index is 13.7. The molecule has 2 saturated heterocycles. The Hall–Kier alpha value is -3.43. The molecule has 3 fully saturated rings. The van der Waals surface area contributed by atoms with Crippen molar-refractivity contribution in [3.05, 3.63) is 47.3 Å². The van der Waals surface area contributed by atoms with Gasteiger partial charge < -0.3 is 25.0 Å². The first-order chi connectivity index (χ1) is 19.2. The molecule has 210 valence electrons. The second-order valence-electron chi connectivity index (χ2n) is 12.3. The SMILES string of the molecule is CC[C@@](C)(O)c1ccc2cc(-c3nc4cc(C(=O)N5[C@H]6CC[C@@H]5[C@H](N)C6)cc(OC)n4c3C)n(CC3CC3)c2n1. The molecular weight excluding hydrogens is 504 g/mol. The Bertz CT molecular complexity index is 1650. The molecule has 0 spiro atoms. The Morgan fingerprint density at radius 1 is 1.18 bits per heavy atom. The molecule has 3 aliphatic rings. The molecule has 4 aromatic heterocycles. The van der Waals surface area contributed by atoms with Gasteiger partial charge in [-0.2, -0.15) is 0 Å². The molecule has 1 amide bonds. The molecule has 0 radical (unpaired) electrons. The summed E-state index contributed by atoms with van der Waals surface area (Å²) < 4.78 is 10.1. The summed E-state index contributed by atoms with van der Waals surface area (Å²) in [4.78, 5) is 25.8. The molecular formula is C31H38N6O3. The largest absolute Gasteiger partial charge is 0.482 e. The van der Waals surface area contributed by atoms with E-state index in [2.05, 4.69) is 10.6 Å². The molecule has 6 heterocycles. The van der Waals surface area contributed by atoms with Gasteiger partial charge in [0.2, 0.25) is 0 Å². The van der Waals surface area contributed by atoms with Gasteiger partial charge >= 0.3 is 0 Å². The van der Waals surface area contributed by atoms with Crippen molar-refractivity contribution in [2.45, 2.75) is 89.6 Å². The summed E-state index contributed by atoms with van der Waals surface area (Å²) >= 11 is 0. The number of hydrogen-bond donors (Lipinski definition) is 2. The van der Waals surface area contributed by atoms with Gasteiger partial charge in [-0.3, -0.25) is 9.20 Å². The van der Waals surface area contributed by atoms with E-state index in [0.717, 1.165) is 53.9 Å². The third-order valence-electron chi connectivity index (χ3n) is 9.56. The summed E-state index contributed by atoms with van der Waals surface area (Å²) in [5.41, 5.74) is 10.9. The molecule has 1 saturated carbocycles. The van der Waals surface area contributed by atoms with Gasteiger partial charge in [0.25, 0.3) is 5.91 Å². The Balaban J connectivity index is 1.36. The lowest BCUT2D eigenvalue weighted by Crippen LogP contribution is -2.40. The van der Waals surface area contributed by atoms with E-state index in [4.69, 9.17) is 20.4 Å². The zero-order valence-corrected chi connectivity index (χ0v) is 23.7. The van der Waals surface area contributed by atoms with Gasteiger partial charge in [-0.1, -0.05) is 6.92 Å². The molecule has 2 aliphatic heterocycles. The highest BCUT2D eigenvalue weighted by molar-refractivity contribution is 5.96. The summed E-state index contributed by atoms with van der Waals surface area (Å²) in [5, 5.41) is 11.9. The quantitative estimate of drug-likeness (QED) is 0.358. The predicted octanol–water partition coefficient (Wildman–Crippen LogP) is 4.40. The molecule has 40 heavy (non-hydrogen) atoms. The number of aromatic nitrogens is 4. The van der Waals surface area contributed by atoms with Crippen LogP contribution in [-0.4, -0.2) is 60.1 Å². The van der Waals surface area contributed by atoms with Gasteiger partial charge in [-0.15, -0.1) is 0 Å². The van der Waals surface area contributed by atoms with Crippen LogP contribution in [-0.2, 0) is 12.1 Å². The Morgan fingerprint density at radius 2 is 1.98 bits per heavy atom. The molecule has 2 bridgehead atoms. The van der Waals surface area contributed by atoms with Crippen LogP contribution in [0.1, 0.15) is 74.1 Å². The smallest absolute Gasteiger partial charge is 0.254 e. The number of rotatable bonds is 7. The number of ether oxygens (including phenoxy) is 1. The number of methoxy groups -OCH3 is 1. The van der Waals surface area contributed by atoms with Crippen molar-refractivity contribution in [3.63, 3.8) is 0 Å². The van der Waals surface area contributed by atoms with Crippen LogP contribution in [0.5, 0.6) is 5.88 Å². The molecule has 4 atom stereocenters. The summed E-state index contributed by atoms with van der Waals surface area (Å²) in [7, 11) is 1.63. The first-order valence-corrected chi connectivity index (χ1v) is 14.6. The number of nitrogens with two attached hydrogens (primary N) is 1. The lowest BCUT2D eigenvalue weighted by atomic mass is 9.97. The van der Waals surface area contributed by atoms with Gasteiger partial charge in [0.1, 0.15) is 22.6 Å². The van der Waals surface area contributed by atoms with Crippen molar-refractivity contribution in [1.82, 2.24) is 23.8 Å². The molecule has 9 nitrogen and oxygen atoms in total. The van der Waals surface area contributed by atoms with Crippen LogP contribution in [0.3, 0.4) is 0 Å². The van der Waals surface area contributed by atoms with E-state index in [9.17, 15) is 9.90 Å². The first kappa shape index (κ1) is 25.5. The number of aryl methyl sites for hydroxylation is 1. The zero-order chi connectivity index (χ0) is 27.9. The molecule has 7 rings (SSSR count). The highest BCUT2D eigenvalue weighted by Crippen LogP contribution is 2.40. The van der Waals surface area contributed by atoms with Crippen LogP contribution < -0.4 is 10.5 Å². The fourth-order valence-corrected chi connectivity index (χ4v) is 6.84. The third kappa shape index (κ3) is 3.85. The highest BCUT2D eigenvalue weighted by atomic mass is 16.5. The van der Waals surface area contributed by atoms with Gasteiger partial charge in [-0.25, -0.2) is 9.97 Å². The summed E-state index contributed by atoms with van der Waals surface area (Å²) in [5.74, 6) is 1.20. The maximum Gasteiger partial charge on any atom is 0.254 e. The number of pyridine rings is 2. The Morgan fingerprint density at radius 3 is 2.62 bits per heavy atom. The first-order valence-electron chi connectivity index (χ1n) is 14.6. The van der Waals surface area contributed by atoms with Crippen LogP contribution in [0.25, 0.3) is 28.1 Å². The monoisotopic (exact) mass is 542 g/mol. The van der Waals surface area contributed by atoms with Crippen molar-refractivity contribution in [2.75, 3.05) is 7.11 Å². The van der Waals surface area contributed by atoms with E-state index in [1.807, 2.05) is 54.3 Å². The number of hydrogen-bond acceptors (Lipinski definition) is 6. The summed E-state index contributed by atoms with van der Waals surface area (Å²) in [6, 6.07) is 10.2. The lowest BCUT2D eigenvalue weighted by molar-refractivity contribution is 0.0488. The highest BCUT2D eigenvalue weighted by Gasteiger charge is 2.47. The minimum Gasteiger partial charge on any atom is -0.482 e. The molecule has 1 aliphatic carbocycles. The van der Waals surface area contributed by atoms with Crippen molar-refractivity contribution < 1.29 is 14.6 Å². The van der Waals surface area contributed by atoms with E-state index in [0.29, 0.717) is 35.1 Å². The molecule has 3 N–H and O–H groups in total. The molecule has 9 heteroatoms. The normalized spacial score (nSPS) is 23.9. The fourth-order valence-electron chi connectivity index (χ4n) is 6.84. The fraction of sp³-hybridized carbons (Fsp3) is 0.516. The molecule has 0 aromatic carbocycles. The Labute approximate surface area is 234 Å². The van der Waals surface area contributed by atoms with Crippen LogP contribution >= 0.6 is 0 Å². The number of amides is 1.